The summed E-state index contributed by atoms with van der Waals surface area (Å²) in [5.74, 6) is 0.944. The fourth-order valence-electron chi connectivity index (χ4n) is 2.39. The Bertz CT molecular complexity index is 828. The third-order valence-electron chi connectivity index (χ3n) is 3.40. The van der Waals surface area contributed by atoms with Gasteiger partial charge in [-0.05, 0) is 45.0 Å². The van der Waals surface area contributed by atoms with Crippen LogP contribution in [0, 0.1) is 6.92 Å². The van der Waals surface area contributed by atoms with Gasteiger partial charge in [0, 0.05) is 24.4 Å². The number of imidazole rings is 1. The smallest absolute Gasteiger partial charge is 0.195 e. The predicted molar refractivity (Wildman–Crippen MR) is 89.0 cm³/mol. The van der Waals surface area contributed by atoms with Crippen molar-refractivity contribution in [2.24, 2.45) is 0 Å². The van der Waals surface area contributed by atoms with Crippen molar-refractivity contribution in [1.82, 2.24) is 9.38 Å². The molecule has 0 atom stereocenters. The third kappa shape index (κ3) is 2.64. The molecule has 0 saturated heterocycles. The Labute approximate surface area is 133 Å². The molecule has 0 radical (unpaired) electrons. The molecule has 2 heterocycles. The number of ether oxygens (including phenoxy) is 1. The number of thiazole rings is 1. The Morgan fingerprint density at radius 3 is 2.50 bits per heavy atom. The van der Waals surface area contributed by atoms with Gasteiger partial charge in [-0.2, -0.15) is 0 Å². The molecule has 0 aliphatic heterocycles. The second-order valence-electron chi connectivity index (χ2n) is 5.54. The number of rotatable bonds is 4. The summed E-state index contributed by atoms with van der Waals surface area (Å²) < 4.78 is 7.63. The van der Waals surface area contributed by atoms with Gasteiger partial charge in [0.2, 0.25) is 0 Å². The second kappa shape index (κ2) is 5.57. The molecule has 0 unspecified atom stereocenters. The number of aromatic nitrogens is 2. The summed E-state index contributed by atoms with van der Waals surface area (Å²) in [5.41, 5.74) is 2.89. The van der Waals surface area contributed by atoms with E-state index >= 15 is 0 Å². The van der Waals surface area contributed by atoms with Crippen molar-refractivity contribution in [1.29, 1.82) is 0 Å². The van der Waals surface area contributed by atoms with Crippen LogP contribution in [-0.4, -0.2) is 21.3 Å². The Morgan fingerprint density at radius 2 is 1.95 bits per heavy atom. The van der Waals surface area contributed by atoms with Gasteiger partial charge in [-0.3, -0.25) is 9.20 Å². The quantitative estimate of drug-likeness (QED) is 0.672. The minimum atomic E-state index is 0.0877. The van der Waals surface area contributed by atoms with Crippen LogP contribution >= 0.6 is 11.3 Å². The van der Waals surface area contributed by atoms with Crippen LogP contribution in [0.15, 0.2) is 30.5 Å². The minimum absolute atomic E-state index is 0.0877. The highest BCUT2D eigenvalue weighted by molar-refractivity contribution is 7.19. The monoisotopic (exact) mass is 314 g/mol. The lowest BCUT2D eigenvalue weighted by molar-refractivity contribution is 0.102. The van der Waals surface area contributed by atoms with Crippen LogP contribution in [-0.2, 0) is 0 Å². The molecule has 22 heavy (non-hydrogen) atoms. The van der Waals surface area contributed by atoms with Crippen molar-refractivity contribution in [3.8, 4) is 17.0 Å². The maximum Gasteiger partial charge on any atom is 0.195 e. The highest BCUT2D eigenvalue weighted by Gasteiger charge is 2.15. The Kier molecular flexibility index (Phi) is 3.74. The van der Waals surface area contributed by atoms with Crippen molar-refractivity contribution < 1.29 is 9.53 Å². The molecule has 2 aromatic heterocycles. The van der Waals surface area contributed by atoms with Crippen LogP contribution in [0.4, 0.5) is 0 Å². The van der Waals surface area contributed by atoms with E-state index in [2.05, 4.69) is 4.98 Å². The van der Waals surface area contributed by atoms with Crippen molar-refractivity contribution in [2.75, 3.05) is 0 Å². The van der Waals surface area contributed by atoms with Gasteiger partial charge in [0.1, 0.15) is 5.75 Å². The lowest BCUT2D eigenvalue weighted by atomic mass is 10.1. The summed E-state index contributed by atoms with van der Waals surface area (Å²) >= 11 is 1.44. The summed E-state index contributed by atoms with van der Waals surface area (Å²) in [5, 5.41) is 0. The van der Waals surface area contributed by atoms with E-state index in [9.17, 15) is 4.79 Å². The number of benzene rings is 1. The van der Waals surface area contributed by atoms with Gasteiger partial charge in [-0.25, -0.2) is 4.98 Å². The van der Waals surface area contributed by atoms with E-state index in [1.165, 1.54) is 11.3 Å². The zero-order valence-corrected chi connectivity index (χ0v) is 13.9. The lowest BCUT2D eigenvalue weighted by Gasteiger charge is -2.09. The summed E-state index contributed by atoms with van der Waals surface area (Å²) in [4.78, 5) is 17.8. The normalized spacial score (nSPS) is 11.3. The first-order valence-corrected chi connectivity index (χ1v) is 8.04. The number of fused-ring (bicyclic) bond motifs is 1. The first-order chi connectivity index (χ1) is 10.5. The number of carbonyl (C=O) groups is 1. The molecule has 114 valence electrons. The molecule has 0 bridgehead atoms. The average molecular weight is 314 g/mol. The zero-order valence-electron chi connectivity index (χ0n) is 13.1. The number of carbonyl (C=O) groups excluding carboxylic acids is 1. The molecular weight excluding hydrogens is 296 g/mol. The molecule has 0 spiro atoms. The van der Waals surface area contributed by atoms with Gasteiger partial charge in [0.25, 0.3) is 0 Å². The number of hydrogen-bond donors (Lipinski definition) is 0. The van der Waals surface area contributed by atoms with Crippen molar-refractivity contribution in [3.05, 3.63) is 41.0 Å². The number of nitrogens with zero attached hydrogens (tertiary/aromatic N) is 2. The van der Waals surface area contributed by atoms with Gasteiger partial charge >= 0.3 is 0 Å². The van der Waals surface area contributed by atoms with Gasteiger partial charge in [-0.1, -0.05) is 11.3 Å². The highest BCUT2D eigenvalue weighted by Crippen LogP contribution is 2.28. The van der Waals surface area contributed by atoms with Crippen molar-refractivity contribution >= 4 is 22.1 Å². The van der Waals surface area contributed by atoms with Crippen LogP contribution in [0.1, 0.15) is 36.1 Å². The molecule has 0 amide bonds. The molecular formula is C17H18N2O2S. The van der Waals surface area contributed by atoms with Crippen LogP contribution in [0.5, 0.6) is 5.75 Å². The van der Waals surface area contributed by atoms with Gasteiger partial charge in [0.15, 0.2) is 10.7 Å². The number of hydrogen-bond acceptors (Lipinski definition) is 4. The van der Waals surface area contributed by atoms with Gasteiger partial charge < -0.3 is 4.74 Å². The number of ketones is 1. The maximum absolute atomic E-state index is 11.6. The van der Waals surface area contributed by atoms with E-state index in [4.69, 9.17) is 4.74 Å². The molecule has 3 aromatic rings. The molecule has 4 nitrogen and oxygen atoms in total. The van der Waals surface area contributed by atoms with Crippen LogP contribution in [0.25, 0.3) is 16.2 Å². The SMILES string of the molecule is CC(=O)c1sc2nc(-c3ccc(OC(C)C)cc3)cn2c1C. The molecule has 1 aromatic carbocycles. The molecule has 5 heteroatoms. The van der Waals surface area contributed by atoms with Crippen molar-refractivity contribution in [2.45, 2.75) is 33.8 Å². The molecule has 0 aliphatic rings. The zero-order chi connectivity index (χ0) is 15.9. The fraction of sp³-hybridized carbons (Fsp3) is 0.294. The predicted octanol–water partition coefficient (Wildman–Crippen LogP) is 4.36. The maximum atomic E-state index is 11.6. The summed E-state index contributed by atoms with van der Waals surface area (Å²) in [6, 6.07) is 7.92. The summed E-state index contributed by atoms with van der Waals surface area (Å²) in [6.07, 6.45) is 2.14. The van der Waals surface area contributed by atoms with Crippen LogP contribution < -0.4 is 4.74 Å². The average Bonchev–Trinajstić information content (AvgIpc) is 2.99. The van der Waals surface area contributed by atoms with Crippen molar-refractivity contribution in [3.63, 3.8) is 0 Å². The lowest BCUT2D eigenvalue weighted by Crippen LogP contribution is -2.05. The van der Waals surface area contributed by atoms with E-state index in [1.807, 2.05) is 55.6 Å². The van der Waals surface area contributed by atoms with Gasteiger partial charge in [-0.15, -0.1) is 0 Å². The highest BCUT2D eigenvalue weighted by atomic mass is 32.1. The standard InChI is InChI=1S/C17H18N2O2S/c1-10(2)21-14-7-5-13(6-8-14)15-9-19-11(3)16(12(4)20)22-17(19)18-15/h5-10H,1-4H3. The fourth-order valence-corrected chi connectivity index (χ4v) is 3.40. The number of aryl methyl sites for hydroxylation is 1. The van der Waals surface area contributed by atoms with E-state index < -0.39 is 0 Å². The Balaban J connectivity index is 1.95. The van der Waals surface area contributed by atoms with E-state index in [0.29, 0.717) is 0 Å². The first-order valence-electron chi connectivity index (χ1n) is 7.22. The second-order valence-corrected chi connectivity index (χ2v) is 6.52. The molecule has 0 aliphatic carbocycles. The minimum Gasteiger partial charge on any atom is -0.491 e. The molecule has 0 N–H and O–H groups in total. The molecule has 0 saturated carbocycles. The Hall–Kier alpha value is -2.14. The van der Waals surface area contributed by atoms with Crippen LogP contribution in [0.2, 0.25) is 0 Å². The van der Waals surface area contributed by atoms with E-state index in [1.54, 1.807) is 6.92 Å². The van der Waals surface area contributed by atoms with Gasteiger partial charge in [0.05, 0.1) is 16.7 Å². The van der Waals surface area contributed by atoms with E-state index in [-0.39, 0.29) is 11.9 Å². The molecule has 3 rings (SSSR count). The number of Topliss-reactive ketones (excluding diaryl/α,β-unsaturated/α-hetero) is 1. The largest absolute Gasteiger partial charge is 0.491 e. The summed E-state index contributed by atoms with van der Waals surface area (Å²) in [7, 11) is 0. The Morgan fingerprint density at radius 1 is 1.27 bits per heavy atom. The third-order valence-corrected chi connectivity index (χ3v) is 4.66. The van der Waals surface area contributed by atoms with Crippen LogP contribution in [0.3, 0.4) is 0 Å². The van der Waals surface area contributed by atoms with E-state index in [0.717, 1.165) is 32.5 Å². The topological polar surface area (TPSA) is 43.6 Å². The summed E-state index contributed by atoms with van der Waals surface area (Å²) in [6.45, 7) is 7.55. The molecule has 0 fully saturated rings. The first kappa shape index (κ1) is 14.8.